The van der Waals surface area contributed by atoms with Crippen LogP contribution in [0.5, 0.6) is 0 Å². The summed E-state index contributed by atoms with van der Waals surface area (Å²) in [6.45, 7) is -1.68. The molecule has 0 aliphatic heterocycles. The quantitative estimate of drug-likeness (QED) is 0.406. The van der Waals surface area contributed by atoms with E-state index < -0.39 is 48.2 Å². The second kappa shape index (κ2) is 8.58. The highest BCUT2D eigenvalue weighted by Crippen LogP contribution is 2.36. The number of rotatable bonds is 6. The van der Waals surface area contributed by atoms with Crippen LogP contribution in [0.25, 0.3) is 0 Å². The zero-order valence-electron chi connectivity index (χ0n) is 14.7. The van der Waals surface area contributed by atoms with Gasteiger partial charge in [-0.3, -0.25) is 0 Å². The molecule has 0 aromatic rings. The number of esters is 2. The molecule has 0 radical (unpaired) electrons. The maximum atomic E-state index is 12.4. The van der Waals surface area contributed by atoms with E-state index in [9.17, 15) is 30.0 Å². The first kappa shape index (κ1) is 20.3. The van der Waals surface area contributed by atoms with Gasteiger partial charge >= 0.3 is 11.9 Å². The first-order valence-electron chi connectivity index (χ1n) is 9.31. The molecule has 2 unspecified atom stereocenters. The minimum absolute atomic E-state index is 0.483. The molecule has 0 aromatic heterocycles. The van der Waals surface area contributed by atoms with E-state index in [-0.39, 0.29) is 0 Å². The molecular weight excluding hydrogens is 328 g/mol. The molecule has 7 nitrogen and oxygen atoms in total. The molecule has 2 atom stereocenters. The summed E-state index contributed by atoms with van der Waals surface area (Å²) in [5, 5.41) is 40.3. The number of ether oxygens (including phenoxy) is 1. The van der Waals surface area contributed by atoms with Crippen molar-refractivity contribution in [3.8, 4) is 0 Å². The molecule has 2 rings (SSSR count). The van der Waals surface area contributed by atoms with E-state index in [1.165, 1.54) is 0 Å². The summed E-state index contributed by atoms with van der Waals surface area (Å²) in [6, 6.07) is 0. The maximum Gasteiger partial charge on any atom is 0.348 e. The third kappa shape index (κ3) is 4.22. The third-order valence-corrected chi connectivity index (χ3v) is 5.94. The summed E-state index contributed by atoms with van der Waals surface area (Å²) in [5.41, 5.74) is -4.31. The third-order valence-electron chi connectivity index (χ3n) is 5.94. The van der Waals surface area contributed by atoms with E-state index in [1.54, 1.807) is 0 Å². The van der Waals surface area contributed by atoms with Crippen LogP contribution in [-0.2, 0) is 14.3 Å². The molecule has 4 N–H and O–H groups in total. The molecule has 0 aromatic carbocycles. The lowest BCUT2D eigenvalue weighted by molar-refractivity contribution is -0.199. The van der Waals surface area contributed by atoms with Crippen LogP contribution in [0.3, 0.4) is 0 Å². The Labute approximate surface area is 148 Å². The van der Waals surface area contributed by atoms with Crippen molar-refractivity contribution in [1.29, 1.82) is 0 Å². The average molecular weight is 358 g/mol. The first-order chi connectivity index (χ1) is 11.9. The Bertz CT molecular complexity index is 426. The Balaban J connectivity index is 2.09. The Morgan fingerprint density at radius 2 is 1.04 bits per heavy atom. The number of aliphatic hydroxyl groups is 4. The van der Waals surface area contributed by atoms with Crippen molar-refractivity contribution in [2.75, 3.05) is 13.2 Å². The van der Waals surface area contributed by atoms with E-state index in [0.29, 0.717) is 25.7 Å². The fraction of sp³-hybridized carbons (Fsp3) is 0.889. The first-order valence-corrected chi connectivity index (χ1v) is 9.31. The van der Waals surface area contributed by atoms with Gasteiger partial charge in [0.25, 0.3) is 0 Å². The lowest BCUT2D eigenvalue weighted by atomic mass is 9.76. The monoisotopic (exact) mass is 358 g/mol. The van der Waals surface area contributed by atoms with Gasteiger partial charge in [-0.2, -0.15) is 0 Å². The van der Waals surface area contributed by atoms with Gasteiger partial charge in [-0.1, -0.05) is 38.5 Å². The van der Waals surface area contributed by atoms with Crippen LogP contribution in [-0.4, -0.2) is 56.8 Å². The molecule has 0 saturated heterocycles. The van der Waals surface area contributed by atoms with Crippen molar-refractivity contribution in [2.45, 2.75) is 75.4 Å². The maximum absolute atomic E-state index is 12.4. The van der Waals surface area contributed by atoms with Crippen molar-refractivity contribution in [3.05, 3.63) is 0 Å². The molecule has 25 heavy (non-hydrogen) atoms. The summed E-state index contributed by atoms with van der Waals surface area (Å²) in [4.78, 5) is 24.8. The normalized spacial score (nSPS) is 25.0. The van der Waals surface area contributed by atoms with Gasteiger partial charge in [0.05, 0.1) is 13.2 Å². The fourth-order valence-corrected chi connectivity index (χ4v) is 4.14. The molecule has 2 fully saturated rings. The molecule has 0 amide bonds. The van der Waals surface area contributed by atoms with Gasteiger partial charge in [0.2, 0.25) is 0 Å². The highest BCUT2D eigenvalue weighted by molar-refractivity contribution is 5.94. The van der Waals surface area contributed by atoms with Gasteiger partial charge in [-0.25, -0.2) is 9.59 Å². The number of hydrogen-bond donors (Lipinski definition) is 4. The zero-order chi connectivity index (χ0) is 18.5. The predicted molar refractivity (Wildman–Crippen MR) is 88.3 cm³/mol. The average Bonchev–Trinajstić information content (AvgIpc) is 2.67. The van der Waals surface area contributed by atoms with Gasteiger partial charge in [-0.15, -0.1) is 0 Å². The summed E-state index contributed by atoms with van der Waals surface area (Å²) in [6.07, 6.45) is 7.57. The molecule has 0 bridgehead atoms. The Kier molecular flexibility index (Phi) is 6.96. The largest absolute Gasteiger partial charge is 0.393 e. The predicted octanol–water partition coefficient (Wildman–Crippen LogP) is 0.664. The molecule has 2 aliphatic carbocycles. The van der Waals surface area contributed by atoms with Crippen LogP contribution < -0.4 is 0 Å². The second-order valence-electron chi connectivity index (χ2n) is 7.51. The van der Waals surface area contributed by atoms with Crippen LogP contribution in [0.2, 0.25) is 0 Å². The van der Waals surface area contributed by atoms with Gasteiger partial charge in [0, 0.05) is 11.8 Å². The van der Waals surface area contributed by atoms with E-state index in [4.69, 9.17) is 4.74 Å². The van der Waals surface area contributed by atoms with E-state index in [2.05, 4.69) is 0 Å². The summed E-state index contributed by atoms with van der Waals surface area (Å²) in [5.74, 6) is -3.45. The van der Waals surface area contributed by atoms with Crippen LogP contribution in [0.15, 0.2) is 0 Å². The Morgan fingerprint density at radius 3 is 1.32 bits per heavy atom. The SMILES string of the molecule is O=C(OC(=O)C(O)(CO)C1CCCCC1)C(O)(CO)C1CCCCC1. The van der Waals surface area contributed by atoms with E-state index in [1.807, 2.05) is 0 Å². The highest BCUT2D eigenvalue weighted by Gasteiger charge is 2.51. The lowest BCUT2D eigenvalue weighted by Gasteiger charge is -2.37. The molecular formula is C18H30O7. The highest BCUT2D eigenvalue weighted by atomic mass is 16.6. The van der Waals surface area contributed by atoms with Crippen molar-refractivity contribution in [1.82, 2.24) is 0 Å². The minimum atomic E-state index is -2.15. The van der Waals surface area contributed by atoms with Crippen LogP contribution >= 0.6 is 0 Å². The summed E-state index contributed by atoms with van der Waals surface area (Å²) in [7, 11) is 0. The van der Waals surface area contributed by atoms with Crippen molar-refractivity contribution < 1.29 is 34.8 Å². The van der Waals surface area contributed by atoms with Crippen molar-refractivity contribution in [2.24, 2.45) is 11.8 Å². The number of aliphatic hydroxyl groups excluding tert-OH is 2. The molecule has 7 heteroatoms. The molecule has 0 heterocycles. The van der Waals surface area contributed by atoms with Crippen LogP contribution in [0.4, 0.5) is 0 Å². The van der Waals surface area contributed by atoms with Gasteiger partial charge in [0.15, 0.2) is 11.2 Å². The summed E-state index contributed by atoms with van der Waals surface area (Å²) >= 11 is 0. The van der Waals surface area contributed by atoms with Gasteiger partial charge < -0.3 is 25.2 Å². The van der Waals surface area contributed by atoms with Crippen molar-refractivity contribution >= 4 is 11.9 Å². The van der Waals surface area contributed by atoms with E-state index in [0.717, 1.165) is 38.5 Å². The van der Waals surface area contributed by atoms with Gasteiger partial charge in [0.1, 0.15) is 0 Å². The number of carbonyl (C=O) groups is 2. The number of hydrogen-bond acceptors (Lipinski definition) is 7. The Morgan fingerprint density at radius 1 is 0.720 bits per heavy atom. The summed E-state index contributed by atoms with van der Waals surface area (Å²) < 4.78 is 4.77. The molecule has 2 aliphatic rings. The molecule has 2 saturated carbocycles. The van der Waals surface area contributed by atoms with Gasteiger partial charge in [-0.05, 0) is 25.7 Å². The zero-order valence-corrected chi connectivity index (χ0v) is 14.7. The van der Waals surface area contributed by atoms with Crippen LogP contribution in [0, 0.1) is 11.8 Å². The fourth-order valence-electron chi connectivity index (χ4n) is 4.14. The lowest BCUT2D eigenvalue weighted by Crippen LogP contribution is -2.56. The number of carbonyl (C=O) groups excluding carboxylic acids is 2. The van der Waals surface area contributed by atoms with Crippen LogP contribution in [0.1, 0.15) is 64.2 Å². The Hall–Kier alpha value is -1.02. The second-order valence-corrected chi connectivity index (χ2v) is 7.51. The standard InChI is InChI=1S/C18H30O7/c19-11-17(23,13-7-3-1-4-8-13)15(21)25-16(22)18(24,12-20)14-9-5-2-6-10-14/h13-14,19-20,23-24H,1-12H2. The van der Waals surface area contributed by atoms with E-state index >= 15 is 0 Å². The smallest absolute Gasteiger partial charge is 0.348 e. The van der Waals surface area contributed by atoms with Crippen molar-refractivity contribution in [3.63, 3.8) is 0 Å². The minimum Gasteiger partial charge on any atom is -0.393 e. The molecule has 144 valence electrons. The topological polar surface area (TPSA) is 124 Å². The molecule has 0 spiro atoms.